The zero-order valence-electron chi connectivity index (χ0n) is 11.7. The summed E-state index contributed by atoms with van der Waals surface area (Å²) in [6, 6.07) is -0.970. The van der Waals surface area contributed by atoms with Crippen LogP contribution in [0.2, 0.25) is 0 Å². The van der Waals surface area contributed by atoms with Gasteiger partial charge in [0.1, 0.15) is 6.04 Å². The number of carbonyl (C=O) groups is 2. The van der Waals surface area contributed by atoms with E-state index in [-0.39, 0.29) is 12.1 Å². The Labute approximate surface area is 113 Å². The highest BCUT2D eigenvalue weighted by molar-refractivity contribution is 5.83. The largest absolute Gasteiger partial charge is 0.480 e. The van der Waals surface area contributed by atoms with E-state index in [0.29, 0.717) is 31.3 Å². The van der Waals surface area contributed by atoms with Gasteiger partial charge in [0, 0.05) is 33.7 Å². The van der Waals surface area contributed by atoms with Gasteiger partial charge in [-0.1, -0.05) is 6.92 Å². The lowest BCUT2D eigenvalue weighted by Crippen LogP contribution is -2.47. The van der Waals surface area contributed by atoms with Gasteiger partial charge in [-0.3, -0.25) is 0 Å². The van der Waals surface area contributed by atoms with Crippen molar-refractivity contribution < 1.29 is 19.4 Å². The van der Waals surface area contributed by atoms with Gasteiger partial charge in [-0.15, -0.1) is 0 Å². The quantitative estimate of drug-likeness (QED) is 0.823. The summed E-state index contributed by atoms with van der Waals surface area (Å²) in [4.78, 5) is 26.6. The number of hydrogen-bond acceptors (Lipinski definition) is 3. The maximum atomic E-state index is 12.3. The number of ether oxygens (including phenoxy) is 1. The second-order valence-electron chi connectivity index (χ2n) is 5.74. The zero-order chi connectivity index (χ0) is 14.2. The molecule has 1 saturated heterocycles. The number of rotatable bonds is 4. The van der Waals surface area contributed by atoms with Gasteiger partial charge < -0.3 is 19.6 Å². The van der Waals surface area contributed by atoms with Gasteiger partial charge in [-0.05, 0) is 18.3 Å². The molecule has 19 heavy (non-hydrogen) atoms. The normalized spacial score (nSPS) is 33.3. The molecule has 6 heteroatoms. The Kier molecular flexibility index (Phi) is 3.99. The van der Waals surface area contributed by atoms with Crippen molar-refractivity contribution in [1.82, 2.24) is 9.80 Å². The lowest BCUT2D eigenvalue weighted by Gasteiger charge is -2.27. The van der Waals surface area contributed by atoms with Gasteiger partial charge >= 0.3 is 12.0 Å². The highest BCUT2D eigenvalue weighted by Crippen LogP contribution is 2.38. The van der Waals surface area contributed by atoms with Crippen molar-refractivity contribution >= 4 is 12.0 Å². The van der Waals surface area contributed by atoms with Crippen LogP contribution >= 0.6 is 0 Å². The molecule has 2 amide bonds. The number of urea groups is 1. The number of methoxy groups -OCH3 is 1. The van der Waals surface area contributed by atoms with E-state index in [2.05, 4.69) is 6.92 Å². The number of carboxylic acid groups (broad SMARTS) is 1. The number of carbonyl (C=O) groups excluding carboxylic acids is 1. The minimum atomic E-state index is -0.957. The third-order valence-electron chi connectivity index (χ3n) is 4.24. The van der Waals surface area contributed by atoms with Crippen LogP contribution in [0.25, 0.3) is 0 Å². The summed E-state index contributed by atoms with van der Waals surface area (Å²) in [7, 11) is 3.29. The number of nitrogens with zero attached hydrogens (tertiary/aromatic N) is 2. The second-order valence-corrected chi connectivity index (χ2v) is 5.74. The van der Waals surface area contributed by atoms with Crippen molar-refractivity contribution in [1.29, 1.82) is 0 Å². The third-order valence-corrected chi connectivity index (χ3v) is 4.24. The van der Waals surface area contributed by atoms with Gasteiger partial charge in [-0.2, -0.15) is 0 Å². The van der Waals surface area contributed by atoms with E-state index in [1.807, 2.05) is 0 Å². The lowest BCUT2D eigenvalue weighted by molar-refractivity contribution is -0.141. The smallest absolute Gasteiger partial charge is 0.326 e. The summed E-state index contributed by atoms with van der Waals surface area (Å²) >= 11 is 0. The van der Waals surface area contributed by atoms with Gasteiger partial charge in [0.2, 0.25) is 0 Å². The van der Waals surface area contributed by atoms with Crippen molar-refractivity contribution in [3.8, 4) is 0 Å². The van der Waals surface area contributed by atoms with Gasteiger partial charge in [-0.25, -0.2) is 9.59 Å². The fraction of sp³-hybridized carbons (Fsp3) is 0.846. The van der Waals surface area contributed by atoms with Crippen LogP contribution in [-0.4, -0.2) is 66.3 Å². The van der Waals surface area contributed by atoms with Gasteiger partial charge in [0.05, 0.1) is 6.10 Å². The number of hydrogen-bond donors (Lipinski definition) is 1. The maximum absolute atomic E-state index is 12.3. The van der Waals surface area contributed by atoms with Crippen LogP contribution in [0.5, 0.6) is 0 Å². The third kappa shape index (κ3) is 3.00. The molecule has 0 aromatic heterocycles. The van der Waals surface area contributed by atoms with E-state index >= 15 is 0 Å². The molecule has 1 heterocycles. The highest BCUT2D eigenvalue weighted by atomic mass is 16.5. The summed E-state index contributed by atoms with van der Waals surface area (Å²) in [5.41, 5.74) is 0. The topological polar surface area (TPSA) is 70.1 Å². The second kappa shape index (κ2) is 5.36. The molecule has 0 spiro atoms. The minimum Gasteiger partial charge on any atom is -0.480 e. The molecule has 0 aromatic carbocycles. The van der Waals surface area contributed by atoms with Crippen LogP contribution in [0.3, 0.4) is 0 Å². The fourth-order valence-corrected chi connectivity index (χ4v) is 2.72. The first-order chi connectivity index (χ1) is 8.93. The zero-order valence-corrected chi connectivity index (χ0v) is 11.7. The first-order valence-electron chi connectivity index (χ1n) is 6.71. The van der Waals surface area contributed by atoms with Crippen LogP contribution in [0.15, 0.2) is 0 Å². The van der Waals surface area contributed by atoms with Crippen molar-refractivity contribution in [3.05, 3.63) is 0 Å². The Balaban J connectivity index is 1.97. The molecule has 0 radical (unpaired) electrons. The molecule has 1 aliphatic heterocycles. The van der Waals surface area contributed by atoms with Crippen LogP contribution < -0.4 is 0 Å². The molecule has 4 unspecified atom stereocenters. The predicted octanol–water partition coefficient (Wildman–Crippen LogP) is 0.868. The minimum absolute atomic E-state index is 0.182. The average Bonchev–Trinajstić information content (AvgIpc) is 2.91. The molecule has 1 aliphatic carbocycles. The van der Waals surface area contributed by atoms with E-state index in [4.69, 9.17) is 4.74 Å². The molecular formula is C13H22N2O4. The number of amides is 2. The number of likely N-dealkylation sites (tertiary alicyclic amines) is 1. The van der Waals surface area contributed by atoms with Crippen molar-refractivity contribution in [2.24, 2.45) is 11.8 Å². The summed E-state index contributed by atoms with van der Waals surface area (Å²) in [6.45, 7) is 3.23. The molecule has 0 bridgehead atoms. The van der Waals surface area contributed by atoms with E-state index in [9.17, 15) is 14.7 Å². The molecule has 1 N–H and O–H groups in total. The molecule has 0 aromatic rings. The SMILES string of the molecule is COC1CC(C(=O)O)N(C(=O)N(C)CC2CC2C)C1. The Morgan fingerprint density at radius 2 is 2.05 bits per heavy atom. The predicted molar refractivity (Wildman–Crippen MR) is 68.8 cm³/mol. The Morgan fingerprint density at radius 3 is 2.53 bits per heavy atom. The summed E-state index contributed by atoms with van der Waals surface area (Å²) < 4.78 is 5.19. The Morgan fingerprint density at radius 1 is 1.42 bits per heavy atom. The Bertz CT molecular complexity index is 374. The molecule has 1 saturated carbocycles. The lowest BCUT2D eigenvalue weighted by atomic mass is 10.2. The van der Waals surface area contributed by atoms with Crippen molar-refractivity contribution in [3.63, 3.8) is 0 Å². The molecule has 4 atom stereocenters. The van der Waals surface area contributed by atoms with E-state index in [0.717, 1.165) is 6.42 Å². The maximum Gasteiger partial charge on any atom is 0.326 e. The molecule has 2 aliphatic rings. The summed E-state index contributed by atoms with van der Waals surface area (Å²) in [5, 5.41) is 9.20. The average molecular weight is 270 g/mol. The van der Waals surface area contributed by atoms with Crippen LogP contribution in [0.4, 0.5) is 4.79 Å². The summed E-state index contributed by atoms with van der Waals surface area (Å²) in [6.07, 6.45) is 1.34. The number of aliphatic carboxylic acids is 1. The van der Waals surface area contributed by atoms with Crippen LogP contribution in [0, 0.1) is 11.8 Å². The molecular weight excluding hydrogens is 248 g/mol. The van der Waals surface area contributed by atoms with E-state index < -0.39 is 12.0 Å². The van der Waals surface area contributed by atoms with Crippen LogP contribution in [-0.2, 0) is 9.53 Å². The first-order valence-corrected chi connectivity index (χ1v) is 6.71. The standard InChI is InChI=1S/C13H22N2O4/c1-8-4-9(8)6-14(2)13(18)15-7-10(19-3)5-11(15)12(16)17/h8-11H,4-7H2,1-3H3,(H,16,17). The summed E-state index contributed by atoms with van der Waals surface area (Å²) in [5.74, 6) is 0.287. The monoisotopic (exact) mass is 270 g/mol. The van der Waals surface area contributed by atoms with Gasteiger partial charge in [0.25, 0.3) is 0 Å². The van der Waals surface area contributed by atoms with Crippen molar-refractivity contribution in [2.75, 3.05) is 27.2 Å². The van der Waals surface area contributed by atoms with Gasteiger partial charge in [0.15, 0.2) is 0 Å². The molecule has 2 fully saturated rings. The van der Waals surface area contributed by atoms with Crippen LogP contribution in [0.1, 0.15) is 19.8 Å². The molecule has 108 valence electrons. The first kappa shape index (κ1) is 14.1. The fourth-order valence-electron chi connectivity index (χ4n) is 2.72. The number of carboxylic acids is 1. The van der Waals surface area contributed by atoms with E-state index in [1.165, 1.54) is 4.90 Å². The Hall–Kier alpha value is -1.30. The molecule has 2 rings (SSSR count). The van der Waals surface area contributed by atoms with Crippen molar-refractivity contribution in [2.45, 2.75) is 31.9 Å². The highest BCUT2D eigenvalue weighted by Gasteiger charge is 2.42. The van der Waals surface area contributed by atoms with E-state index in [1.54, 1.807) is 19.1 Å². The molecule has 6 nitrogen and oxygen atoms in total.